The average molecular weight is 544 g/mol. The number of hydrogen-bond acceptors (Lipinski definition) is 5. The lowest BCUT2D eigenvalue weighted by molar-refractivity contribution is -0.151. The quantitative estimate of drug-likeness (QED) is 0.586. The van der Waals surface area contributed by atoms with Crippen LogP contribution in [0.1, 0.15) is 27.2 Å². The summed E-state index contributed by atoms with van der Waals surface area (Å²) in [5.74, 6) is -2.27. The molecular weight excluding hydrogens is 506 g/mol. The van der Waals surface area contributed by atoms with Crippen LogP contribution in [0.5, 0.6) is 0 Å². The first-order valence-electron chi connectivity index (χ1n) is 14.1. The molecule has 0 aliphatic carbocycles. The Bertz CT molecular complexity index is 1430. The number of benzene rings is 2. The highest BCUT2D eigenvalue weighted by Gasteiger charge is 2.75. The first-order chi connectivity index (χ1) is 19.1. The van der Waals surface area contributed by atoms with E-state index in [1.54, 1.807) is 21.7 Å². The molecule has 210 valence electrons. The van der Waals surface area contributed by atoms with Gasteiger partial charge in [-0.1, -0.05) is 68.5 Å². The molecule has 40 heavy (non-hydrogen) atoms. The number of carbonyl (C=O) groups is 3. The Morgan fingerprint density at radius 1 is 0.950 bits per heavy atom. The van der Waals surface area contributed by atoms with E-state index in [4.69, 9.17) is 4.74 Å². The smallest absolute Gasteiger partial charge is 0.253 e. The van der Waals surface area contributed by atoms with Crippen molar-refractivity contribution >= 4 is 34.2 Å². The molecule has 1 unspecified atom stereocenters. The van der Waals surface area contributed by atoms with Gasteiger partial charge in [0.05, 0.1) is 30.1 Å². The van der Waals surface area contributed by atoms with E-state index in [2.05, 4.69) is 0 Å². The predicted octanol–water partition coefficient (Wildman–Crippen LogP) is 3.15. The first-order valence-corrected chi connectivity index (χ1v) is 14.1. The molecule has 0 aromatic heterocycles. The summed E-state index contributed by atoms with van der Waals surface area (Å²) < 4.78 is 6.86. The molecule has 2 saturated heterocycles. The standard InChI is InChI=1S/C32H37N3O5/c1-20(2)17-24(19-36)35-27-30(39)34(23-12-11-21-9-5-6-10-22(21)18-23)16-8-14-32(27)26(29(35)38)25-28(37)33(4)15-7-13-31(25,3)40-32/h5-14,18,20,24-27,36H,15-17,19H2,1-4H3/t24-,25+,26+,27?,31-,32+/m1/s1. The van der Waals surface area contributed by atoms with Crippen molar-refractivity contribution in [1.29, 1.82) is 0 Å². The van der Waals surface area contributed by atoms with E-state index in [0.717, 1.165) is 16.5 Å². The van der Waals surface area contributed by atoms with Gasteiger partial charge in [-0.25, -0.2) is 0 Å². The zero-order valence-electron chi connectivity index (χ0n) is 23.5. The van der Waals surface area contributed by atoms with Crippen LogP contribution in [0.25, 0.3) is 10.8 Å². The van der Waals surface area contributed by atoms with Crippen molar-refractivity contribution in [3.63, 3.8) is 0 Å². The summed E-state index contributed by atoms with van der Waals surface area (Å²) in [6.45, 7) is 6.33. The largest absolute Gasteiger partial charge is 0.394 e. The van der Waals surface area contributed by atoms with Gasteiger partial charge in [-0.3, -0.25) is 14.4 Å². The van der Waals surface area contributed by atoms with Gasteiger partial charge < -0.3 is 24.5 Å². The van der Waals surface area contributed by atoms with E-state index in [1.807, 2.05) is 87.5 Å². The number of likely N-dealkylation sites (tertiary alicyclic amines) is 1. The van der Waals surface area contributed by atoms with Gasteiger partial charge in [-0.15, -0.1) is 0 Å². The first kappa shape index (κ1) is 26.7. The van der Waals surface area contributed by atoms with Crippen LogP contribution in [0, 0.1) is 17.8 Å². The van der Waals surface area contributed by atoms with E-state index < -0.39 is 35.1 Å². The number of fused-ring (bicyclic) bond motifs is 3. The van der Waals surface area contributed by atoms with Crippen molar-refractivity contribution in [3.05, 3.63) is 66.8 Å². The molecule has 4 heterocycles. The van der Waals surface area contributed by atoms with E-state index in [9.17, 15) is 19.5 Å². The Labute approximate surface area is 234 Å². The van der Waals surface area contributed by atoms with E-state index in [-0.39, 0.29) is 30.2 Å². The minimum atomic E-state index is -1.35. The Morgan fingerprint density at radius 3 is 2.40 bits per heavy atom. The van der Waals surface area contributed by atoms with Gasteiger partial charge in [-0.05, 0) is 42.2 Å². The molecule has 0 bridgehead atoms. The zero-order valence-corrected chi connectivity index (χ0v) is 23.5. The number of hydrogen-bond donors (Lipinski definition) is 1. The van der Waals surface area contributed by atoms with Crippen LogP contribution in [0.15, 0.2) is 66.8 Å². The molecule has 8 nitrogen and oxygen atoms in total. The number of amides is 3. The summed E-state index contributed by atoms with van der Waals surface area (Å²) in [5, 5.41) is 12.6. The van der Waals surface area contributed by atoms with Gasteiger partial charge in [-0.2, -0.15) is 0 Å². The lowest BCUT2D eigenvalue weighted by atomic mass is 9.74. The fourth-order valence-corrected chi connectivity index (χ4v) is 7.37. The second-order valence-electron chi connectivity index (χ2n) is 12.2. The fourth-order valence-electron chi connectivity index (χ4n) is 7.37. The van der Waals surface area contributed by atoms with E-state index in [1.165, 1.54) is 0 Å². The van der Waals surface area contributed by atoms with Crippen molar-refractivity contribution < 1.29 is 24.2 Å². The SMILES string of the molecule is CC(C)C[C@H](CO)N1C(=O)[C@@H]2[C@H]3C(=O)N(C)CC=C[C@@]3(C)O[C@@]23C=CCN(c2ccc4ccccc4c2)C(=O)C13. The van der Waals surface area contributed by atoms with Crippen molar-refractivity contribution in [2.45, 2.75) is 50.5 Å². The summed E-state index contributed by atoms with van der Waals surface area (Å²) >= 11 is 0. The normalized spacial score (nSPS) is 32.4. The molecule has 0 saturated carbocycles. The molecule has 3 amide bonds. The minimum absolute atomic E-state index is 0.175. The third kappa shape index (κ3) is 3.84. The summed E-state index contributed by atoms with van der Waals surface area (Å²) in [6.07, 6.45) is 8.03. The molecule has 6 atom stereocenters. The van der Waals surface area contributed by atoms with Crippen LogP contribution in [0.3, 0.4) is 0 Å². The van der Waals surface area contributed by atoms with Gasteiger partial charge in [0.15, 0.2) is 0 Å². The summed E-state index contributed by atoms with van der Waals surface area (Å²) in [6, 6.07) is 12.3. The van der Waals surface area contributed by atoms with Crippen LogP contribution >= 0.6 is 0 Å². The number of anilines is 1. The number of carbonyl (C=O) groups excluding carboxylic acids is 3. The van der Waals surface area contributed by atoms with E-state index >= 15 is 0 Å². The van der Waals surface area contributed by atoms with Crippen LogP contribution in [-0.4, -0.2) is 82.7 Å². The van der Waals surface area contributed by atoms with Gasteiger partial charge in [0, 0.05) is 25.8 Å². The predicted molar refractivity (Wildman–Crippen MR) is 152 cm³/mol. The lowest BCUT2D eigenvalue weighted by Gasteiger charge is -2.40. The number of ether oxygens (including phenoxy) is 1. The molecule has 2 aromatic carbocycles. The second kappa shape index (κ2) is 9.56. The molecule has 2 aromatic rings. The average Bonchev–Trinajstić information content (AvgIpc) is 3.21. The molecule has 1 N–H and O–H groups in total. The Hall–Kier alpha value is -3.49. The van der Waals surface area contributed by atoms with Crippen molar-refractivity contribution in [2.75, 3.05) is 31.6 Å². The molecule has 4 aliphatic heterocycles. The van der Waals surface area contributed by atoms with Gasteiger partial charge in [0.1, 0.15) is 11.6 Å². The number of likely N-dealkylation sites (N-methyl/N-ethyl adjacent to an activating group) is 1. The molecule has 8 heteroatoms. The third-order valence-electron chi connectivity index (χ3n) is 9.09. The summed E-state index contributed by atoms with van der Waals surface area (Å²) in [4.78, 5) is 47.8. The Kier molecular flexibility index (Phi) is 6.39. The number of nitrogens with zero attached hydrogens (tertiary/aromatic N) is 3. The van der Waals surface area contributed by atoms with Crippen molar-refractivity contribution in [2.24, 2.45) is 17.8 Å². The highest BCUT2D eigenvalue weighted by Crippen LogP contribution is 2.58. The maximum Gasteiger partial charge on any atom is 0.253 e. The third-order valence-corrected chi connectivity index (χ3v) is 9.09. The Balaban J connectivity index is 1.51. The fraction of sp³-hybridized carbons (Fsp3) is 0.469. The van der Waals surface area contributed by atoms with Crippen molar-refractivity contribution in [1.82, 2.24) is 9.80 Å². The molecule has 6 rings (SSSR count). The maximum atomic E-state index is 14.7. The van der Waals surface area contributed by atoms with E-state index in [0.29, 0.717) is 19.5 Å². The van der Waals surface area contributed by atoms with Crippen LogP contribution in [0.2, 0.25) is 0 Å². The number of aliphatic hydroxyl groups is 1. The molecule has 4 aliphatic rings. The number of rotatable bonds is 5. The second-order valence-corrected chi connectivity index (χ2v) is 12.2. The number of aliphatic hydroxyl groups excluding tert-OH is 1. The minimum Gasteiger partial charge on any atom is -0.394 e. The maximum absolute atomic E-state index is 14.7. The molecule has 2 fully saturated rings. The Morgan fingerprint density at radius 2 is 1.68 bits per heavy atom. The zero-order chi connectivity index (χ0) is 28.4. The van der Waals surface area contributed by atoms with Gasteiger partial charge >= 0.3 is 0 Å². The topological polar surface area (TPSA) is 90.4 Å². The van der Waals surface area contributed by atoms with Crippen LogP contribution in [0.4, 0.5) is 5.69 Å². The highest BCUT2D eigenvalue weighted by molar-refractivity contribution is 6.06. The molecular formula is C32H37N3O5. The highest BCUT2D eigenvalue weighted by atomic mass is 16.5. The van der Waals surface area contributed by atoms with Crippen molar-refractivity contribution in [3.8, 4) is 0 Å². The lowest BCUT2D eigenvalue weighted by Crippen LogP contribution is -2.59. The van der Waals surface area contributed by atoms with Gasteiger partial charge in [0.25, 0.3) is 5.91 Å². The summed E-state index contributed by atoms with van der Waals surface area (Å²) in [5.41, 5.74) is -1.68. The molecule has 1 spiro atoms. The van der Waals surface area contributed by atoms with Crippen LogP contribution in [-0.2, 0) is 19.1 Å². The summed E-state index contributed by atoms with van der Waals surface area (Å²) in [7, 11) is 1.73. The molecule has 0 radical (unpaired) electrons. The monoisotopic (exact) mass is 543 g/mol. The van der Waals surface area contributed by atoms with Gasteiger partial charge in [0.2, 0.25) is 11.8 Å². The van der Waals surface area contributed by atoms with Crippen LogP contribution < -0.4 is 4.90 Å².